The van der Waals surface area contributed by atoms with Gasteiger partial charge in [0.05, 0.1) is 11.3 Å². The van der Waals surface area contributed by atoms with Crippen LogP contribution in [0, 0.1) is 0 Å². The van der Waals surface area contributed by atoms with Gasteiger partial charge in [-0.1, -0.05) is 12.1 Å². The fourth-order valence-corrected chi connectivity index (χ4v) is 1.98. The highest BCUT2D eigenvalue weighted by Crippen LogP contribution is 2.25. The van der Waals surface area contributed by atoms with E-state index in [-0.39, 0.29) is 0 Å². The fourth-order valence-electron chi connectivity index (χ4n) is 1.24. The van der Waals surface area contributed by atoms with Gasteiger partial charge in [-0.05, 0) is 30.6 Å². The summed E-state index contributed by atoms with van der Waals surface area (Å²) in [6.07, 6.45) is -0.464. The van der Waals surface area contributed by atoms with Gasteiger partial charge in [0.1, 0.15) is 0 Å². The van der Waals surface area contributed by atoms with Crippen molar-refractivity contribution in [3.05, 3.63) is 24.3 Å². The van der Waals surface area contributed by atoms with Crippen molar-refractivity contribution in [2.24, 2.45) is 0 Å². The van der Waals surface area contributed by atoms with Crippen LogP contribution in [-0.4, -0.2) is 17.1 Å². The number of nitrogens with one attached hydrogen (secondary N) is 1. The molecule has 1 aromatic carbocycles. The van der Waals surface area contributed by atoms with E-state index in [0.29, 0.717) is 12.4 Å². The molecule has 1 heterocycles. The zero-order valence-corrected chi connectivity index (χ0v) is 9.00. The van der Waals surface area contributed by atoms with Crippen molar-refractivity contribution in [2.45, 2.75) is 6.92 Å². The molecule has 0 unspecified atom stereocenters. The molecule has 2 aromatic rings. The predicted octanol–water partition coefficient (Wildman–Crippen LogP) is 2.86. The molecule has 0 bridgehead atoms. The van der Waals surface area contributed by atoms with Crippen molar-refractivity contribution < 1.29 is 9.53 Å². The molecule has 2 rings (SSSR count). The quantitative estimate of drug-likeness (QED) is 0.850. The summed E-state index contributed by atoms with van der Waals surface area (Å²) in [5, 5.41) is 3.54. The van der Waals surface area contributed by atoms with E-state index in [0.717, 1.165) is 10.1 Å². The summed E-state index contributed by atoms with van der Waals surface area (Å²) < 4.78 is 9.97. The Morgan fingerprint density at radius 1 is 1.53 bits per heavy atom. The molecular formula is C10H10N2O2S. The van der Waals surface area contributed by atoms with Gasteiger partial charge in [-0.25, -0.2) is 4.79 Å². The van der Waals surface area contributed by atoms with Crippen LogP contribution in [-0.2, 0) is 4.74 Å². The van der Waals surface area contributed by atoms with Crippen molar-refractivity contribution in [1.82, 2.24) is 4.37 Å². The minimum Gasteiger partial charge on any atom is -0.450 e. The molecule has 0 radical (unpaired) electrons. The molecular weight excluding hydrogens is 212 g/mol. The molecule has 1 amide bonds. The van der Waals surface area contributed by atoms with Gasteiger partial charge in [0, 0.05) is 5.39 Å². The minimum atomic E-state index is -0.464. The van der Waals surface area contributed by atoms with Crippen LogP contribution in [0.2, 0.25) is 0 Å². The van der Waals surface area contributed by atoms with E-state index in [1.165, 1.54) is 11.5 Å². The number of fused-ring (bicyclic) bond motifs is 1. The number of benzene rings is 1. The maximum Gasteiger partial charge on any atom is 0.412 e. The van der Waals surface area contributed by atoms with Gasteiger partial charge in [0.15, 0.2) is 5.82 Å². The van der Waals surface area contributed by atoms with Gasteiger partial charge in [0.2, 0.25) is 0 Å². The highest BCUT2D eigenvalue weighted by atomic mass is 32.1. The Morgan fingerprint density at radius 2 is 2.33 bits per heavy atom. The summed E-state index contributed by atoms with van der Waals surface area (Å²) in [7, 11) is 0. The molecule has 0 saturated carbocycles. The maximum absolute atomic E-state index is 11.2. The van der Waals surface area contributed by atoms with Crippen LogP contribution in [0.15, 0.2) is 24.3 Å². The monoisotopic (exact) mass is 222 g/mol. The summed E-state index contributed by atoms with van der Waals surface area (Å²) in [5.74, 6) is 0.564. The first-order valence-electron chi connectivity index (χ1n) is 4.59. The van der Waals surface area contributed by atoms with Crippen molar-refractivity contribution >= 4 is 33.5 Å². The molecule has 0 fully saturated rings. The molecule has 5 heteroatoms. The highest BCUT2D eigenvalue weighted by Gasteiger charge is 2.08. The highest BCUT2D eigenvalue weighted by molar-refractivity contribution is 7.13. The van der Waals surface area contributed by atoms with E-state index in [1.807, 2.05) is 24.3 Å². The lowest BCUT2D eigenvalue weighted by Gasteiger charge is -2.01. The Bertz CT molecular complexity index is 481. The number of carbonyl (C=O) groups is 1. The molecule has 0 aliphatic rings. The molecule has 1 N–H and O–H groups in total. The number of ether oxygens (including phenoxy) is 1. The van der Waals surface area contributed by atoms with E-state index >= 15 is 0 Å². The van der Waals surface area contributed by atoms with Crippen molar-refractivity contribution in [1.29, 1.82) is 0 Å². The second-order valence-corrected chi connectivity index (χ2v) is 3.68. The second kappa shape index (κ2) is 4.27. The SMILES string of the molecule is CCOC(=O)Nc1nsc2ccccc12. The zero-order chi connectivity index (χ0) is 10.7. The second-order valence-electron chi connectivity index (χ2n) is 2.87. The number of anilines is 1. The molecule has 0 saturated heterocycles. The molecule has 0 aliphatic carbocycles. The minimum absolute atomic E-state index is 0.355. The topological polar surface area (TPSA) is 51.2 Å². The summed E-state index contributed by atoms with van der Waals surface area (Å²) in [5.41, 5.74) is 0. The third-order valence-electron chi connectivity index (χ3n) is 1.87. The Labute approximate surface area is 91.0 Å². The molecule has 78 valence electrons. The van der Waals surface area contributed by atoms with Crippen LogP contribution in [0.25, 0.3) is 10.1 Å². The Morgan fingerprint density at radius 3 is 3.13 bits per heavy atom. The van der Waals surface area contributed by atoms with Gasteiger partial charge in [-0.3, -0.25) is 5.32 Å². The molecule has 0 aliphatic heterocycles. The smallest absolute Gasteiger partial charge is 0.412 e. The summed E-state index contributed by atoms with van der Waals surface area (Å²) >= 11 is 1.35. The van der Waals surface area contributed by atoms with E-state index in [4.69, 9.17) is 4.74 Å². The normalized spacial score (nSPS) is 10.2. The Kier molecular flexibility index (Phi) is 2.82. The van der Waals surface area contributed by atoms with Gasteiger partial charge in [-0.15, -0.1) is 0 Å². The van der Waals surface area contributed by atoms with E-state index < -0.39 is 6.09 Å². The largest absolute Gasteiger partial charge is 0.450 e. The summed E-state index contributed by atoms with van der Waals surface area (Å²) in [4.78, 5) is 11.2. The van der Waals surface area contributed by atoms with Gasteiger partial charge in [0.25, 0.3) is 0 Å². The molecule has 0 spiro atoms. The number of rotatable bonds is 2. The number of hydrogen-bond acceptors (Lipinski definition) is 4. The molecule has 1 aromatic heterocycles. The zero-order valence-electron chi connectivity index (χ0n) is 8.19. The van der Waals surface area contributed by atoms with Crippen LogP contribution < -0.4 is 5.32 Å². The van der Waals surface area contributed by atoms with Crippen molar-refractivity contribution in [3.63, 3.8) is 0 Å². The maximum atomic E-state index is 11.2. The van der Waals surface area contributed by atoms with Gasteiger partial charge in [-0.2, -0.15) is 4.37 Å². The van der Waals surface area contributed by atoms with Gasteiger partial charge < -0.3 is 4.74 Å². The standard InChI is InChI=1S/C10H10N2O2S/c1-2-14-10(13)11-9-7-5-3-4-6-8(7)15-12-9/h3-6H,2H2,1H3,(H,11,12,13). The first kappa shape index (κ1) is 9.92. The first-order valence-corrected chi connectivity index (χ1v) is 5.37. The Balaban J connectivity index is 2.25. The average Bonchev–Trinajstić information content (AvgIpc) is 2.62. The van der Waals surface area contributed by atoms with E-state index in [1.54, 1.807) is 6.92 Å². The average molecular weight is 222 g/mol. The fraction of sp³-hybridized carbons (Fsp3) is 0.200. The van der Waals surface area contributed by atoms with Gasteiger partial charge >= 0.3 is 6.09 Å². The first-order chi connectivity index (χ1) is 7.31. The lowest BCUT2D eigenvalue weighted by Crippen LogP contribution is -2.13. The van der Waals surface area contributed by atoms with Crippen molar-refractivity contribution in [2.75, 3.05) is 11.9 Å². The molecule has 15 heavy (non-hydrogen) atoms. The molecule has 0 atom stereocenters. The number of amides is 1. The van der Waals surface area contributed by atoms with Crippen LogP contribution >= 0.6 is 11.5 Å². The Hall–Kier alpha value is -1.62. The summed E-state index contributed by atoms with van der Waals surface area (Å²) in [6, 6.07) is 7.73. The van der Waals surface area contributed by atoms with Crippen LogP contribution in [0.5, 0.6) is 0 Å². The molecule has 4 nitrogen and oxygen atoms in total. The predicted molar refractivity (Wildman–Crippen MR) is 60.3 cm³/mol. The number of hydrogen-bond donors (Lipinski definition) is 1. The third-order valence-corrected chi connectivity index (χ3v) is 2.70. The lowest BCUT2D eigenvalue weighted by atomic mass is 10.3. The van der Waals surface area contributed by atoms with E-state index in [2.05, 4.69) is 9.69 Å². The lowest BCUT2D eigenvalue weighted by molar-refractivity contribution is 0.168. The van der Waals surface area contributed by atoms with Crippen LogP contribution in [0.4, 0.5) is 10.6 Å². The van der Waals surface area contributed by atoms with Crippen LogP contribution in [0.1, 0.15) is 6.92 Å². The number of nitrogens with zero attached hydrogens (tertiary/aromatic N) is 1. The number of carbonyl (C=O) groups excluding carboxylic acids is 1. The van der Waals surface area contributed by atoms with Crippen LogP contribution in [0.3, 0.4) is 0 Å². The summed E-state index contributed by atoms with van der Waals surface area (Å²) in [6.45, 7) is 2.12. The third kappa shape index (κ3) is 2.07. The van der Waals surface area contributed by atoms with Crippen molar-refractivity contribution in [3.8, 4) is 0 Å². The van der Waals surface area contributed by atoms with E-state index in [9.17, 15) is 4.79 Å². The number of aromatic nitrogens is 1.